The molecule has 1 aromatic carbocycles. The number of hydrogen-bond acceptors (Lipinski definition) is 7. The predicted molar refractivity (Wildman–Crippen MR) is 76.0 cm³/mol. The van der Waals surface area contributed by atoms with Gasteiger partial charge in [0.1, 0.15) is 11.8 Å². The van der Waals surface area contributed by atoms with Crippen molar-refractivity contribution >= 4 is 28.9 Å². The number of aromatic amines is 1. The molecule has 104 valence electrons. The van der Waals surface area contributed by atoms with Gasteiger partial charge in [0.15, 0.2) is 11.5 Å². The normalized spacial score (nSPS) is 11.0. The highest BCUT2D eigenvalue weighted by Crippen LogP contribution is 2.16. The molecule has 2 aromatic heterocycles. The van der Waals surface area contributed by atoms with Crippen molar-refractivity contribution in [3.05, 3.63) is 52.6 Å². The van der Waals surface area contributed by atoms with E-state index in [-0.39, 0.29) is 5.69 Å². The molecule has 0 atom stereocenters. The Balaban J connectivity index is 1.85. The number of fused-ring (bicyclic) bond motifs is 1. The molecule has 9 nitrogen and oxygen atoms in total. The van der Waals surface area contributed by atoms with Crippen LogP contribution in [0.15, 0.2) is 42.0 Å². The lowest BCUT2D eigenvalue weighted by molar-refractivity contribution is -0.385. The molecule has 2 heterocycles. The predicted octanol–water partition coefficient (Wildman–Crippen LogP) is 1.71. The monoisotopic (exact) mass is 283 g/mol. The van der Waals surface area contributed by atoms with Crippen molar-refractivity contribution in [1.29, 1.82) is 0 Å². The van der Waals surface area contributed by atoms with E-state index in [9.17, 15) is 10.1 Å². The second-order valence-corrected chi connectivity index (χ2v) is 4.01. The van der Waals surface area contributed by atoms with E-state index in [1.165, 1.54) is 24.9 Å². The number of hydrazone groups is 1. The maximum Gasteiger partial charge on any atom is 0.278 e. The Kier molecular flexibility index (Phi) is 3.21. The summed E-state index contributed by atoms with van der Waals surface area (Å²) in [6.07, 6.45) is 4.21. The average molecular weight is 283 g/mol. The lowest BCUT2D eigenvalue weighted by Gasteiger charge is -2.00. The fourth-order valence-corrected chi connectivity index (χ4v) is 1.78. The van der Waals surface area contributed by atoms with Gasteiger partial charge in [-0.15, -0.1) is 0 Å². The first-order chi connectivity index (χ1) is 10.3. The number of para-hydroxylation sites is 1. The van der Waals surface area contributed by atoms with Gasteiger partial charge in [-0.2, -0.15) is 5.10 Å². The summed E-state index contributed by atoms with van der Waals surface area (Å²) in [4.78, 5) is 25.3. The number of anilines is 1. The molecule has 0 saturated heterocycles. The maximum absolute atomic E-state index is 10.9. The number of nitro benzene ring substituents is 1. The zero-order valence-electron chi connectivity index (χ0n) is 10.6. The number of hydrogen-bond donors (Lipinski definition) is 2. The fourth-order valence-electron chi connectivity index (χ4n) is 1.78. The summed E-state index contributed by atoms with van der Waals surface area (Å²) in [7, 11) is 0. The van der Waals surface area contributed by atoms with Crippen molar-refractivity contribution < 1.29 is 4.92 Å². The molecule has 21 heavy (non-hydrogen) atoms. The molecule has 0 unspecified atom stereocenters. The van der Waals surface area contributed by atoms with Crippen molar-refractivity contribution in [3.63, 3.8) is 0 Å². The zero-order chi connectivity index (χ0) is 14.7. The quantitative estimate of drug-likeness (QED) is 0.427. The van der Waals surface area contributed by atoms with Gasteiger partial charge in [0.25, 0.3) is 5.69 Å². The molecule has 0 spiro atoms. The number of H-pyrrole nitrogens is 1. The van der Waals surface area contributed by atoms with Crippen LogP contribution in [0.4, 0.5) is 11.5 Å². The molecule has 0 fully saturated rings. The van der Waals surface area contributed by atoms with Gasteiger partial charge in [-0.05, 0) is 6.07 Å². The molecule has 9 heteroatoms. The molecule has 0 aliphatic rings. The van der Waals surface area contributed by atoms with Gasteiger partial charge in [0, 0.05) is 6.07 Å². The molecular formula is C12H9N7O2. The van der Waals surface area contributed by atoms with E-state index in [1.807, 2.05) is 0 Å². The van der Waals surface area contributed by atoms with Crippen LogP contribution in [-0.2, 0) is 0 Å². The van der Waals surface area contributed by atoms with E-state index in [0.29, 0.717) is 22.5 Å². The first-order valence-corrected chi connectivity index (χ1v) is 5.92. The molecule has 0 aliphatic heterocycles. The van der Waals surface area contributed by atoms with Gasteiger partial charge in [0.05, 0.1) is 23.0 Å². The highest BCUT2D eigenvalue weighted by Gasteiger charge is 2.10. The Hall–Kier alpha value is -3.36. The minimum absolute atomic E-state index is 0.0163. The van der Waals surface area contributed by atoms with E-state index in [1.54, 1.807) is 18.2 Å². The fraction of sp³-hybridized carbons (Fsp3) is 0. The van der Waals surface area contributed by atoms with E-state index in [2.05, 4.69) is 30.5 Å². The van der Waals surface area contributed by atoms with Crippen LogP contribution >= 0.6 is 0 Å². The Labute approximate surface area is 117 Å². The van der Waals surface area contributed by atoms with Gasteiger partial charge >= 0.3 is 0 Å². The van der Waals surface area contributed by atoms with Gasteiger partial charge in [0.2, 0.25) is 0 Å². The van der Waals surface area contributed by atoms with Gasteiger partial charge in [-0.1, -0.05) is 12.1 Å². The van der Waals surface area contributed by atoms with Crippen LogP contribution in [0.1, 0.15) is 5.56 Å². The number of rotatable bonds is 4. The number of imidazole rings is 1. The van der Waals surface area contributed by atoms with Crippen molar-refractivity contribution in [2.75, 3.05) is 5.43 Å². The van der Waals surface area contributed by atoms with Crippen LogP contribution in [0.3, 0.4) is 0 Å². The van der Waals surface area contributed by atoms with E-state index in [0.717, 1.165) is 0 Å². The first-order valence-electron chi connectivity index (χ1n) is 5.92. The molecule has 3 aromatic rings. The van der Waals surface area contributed by atoms with Gasteiger partial charge in [-0.3, -0.25) is 15.5 Å². The largest absolute Gasteiger partial charge is 0.340 e. The van der Waals surface area contributed by atoms with E-state index in [4.69, 9.17) is 0 Å². The number of benzene rings is 1. The van der Waals surface area contributed by atoms with Crippen LogP contribution in [0.25, 0.3) is 11.2 Å². The zero-order valence-corrected chi connectivity index (χ0v) is 10.6. The highest BCUT2D eigenvalue weighted by atomic mass is 16.6. The van der Waals surface area contributed by atoms with Gasteiger partial charge < -0.3 is 4.98 Å². The highest BCUT2D eigenvalue weighted by molar-refractivity contribution is 5.87. The average Bonchev–Trinajstić information content (AvgIpc) is 2.97. The van der Waals surface area contributed by atoms with Crippen molar-refractivity contribution in [2.45, 2.75) is 0 Å². The van der Waals surface area contributed by atoms with Crippen molar-refractivity contribution in [1.82, 2.24) is 19.9 Å². The Morgan fingerprint density at radius 3 is 3.00 bits per heavy atom. The summed E-state index contributed by atoms with van der Waals surface area (Å²) in [6.45, 7) is 0. The third-order valence-electron chi connectivity index (χ3n) is 2.73. The molecule has 2 N–H and O–H groups in total. The molecule has 0 radical (unpaired) electrons. The summed E-state index contributed by atoms with van der Waals surface area (Å²) in [5.41, 5.74) is 4.21. The lowest BCUT2D eigenvalue weighted by atomic mass is 10.2. The van der Waals surface area contributed by atoms with Crippen LogP contribution in [0.2, 0.25) is 0 Å². The molecule has 0 bridgehead atoms. The molecule has 3 rings (SSSR count). The second-order valence-electron chi connectivity index (χ2n) is 4.01. The van der Waals surface area contributed by atoms with Crippen molar-refractivity contribution in [2.24, 2.45) is 5.10 Å². The number of aromatic nitrogens is 4. The minimum atomic E-state index is -0.459. The van der Waals surface area contributed by atoms with Crippen LogP contribution in [-0.4, -0.2) is 31.1 Å². The summed E-state index contributed by atoms with van der Waals surface area (Å²) in [5, 5.41) is 14.9. The topological polar surface area (TPSA) is 122 Å². The summed E-state index contributed by atoms with van der Waals surface area (Å²) in [5.74, 6) is 0.437. The summed E-state index contributed by atoms with van der Waals surface area (Å²) >= 11 is 0. The third-order valence-corrected chi connectivity index (χ3v) is 2.73. The SMILES string of the molecule is O=[N+]([O-])c1ccccc1/C=N\Nc1ncnc2nc[nH]c12. The molecule has 0 saturated carbocycles. The number of nitrogens with one attached hydrogen (secondary N) is 2. The molecular weight excluding hydrogens is 274 g/mol. The standard InChI is InChI=1S/C12H9N7O2/c20-19(21)9-4-2-1-3-8(9)5-17-18-12-10-11(14-6-13-10)15-7-16-12/h1-7H,(H2,13,14,15,16,18)/b17-5-. The third kappa shape index (κ3) is 2.52. The smallest absolute Gasteiger partial charge is 0.278 e. The lowest BCUT2D eigenvalue weighted by Crippen LogP contribution is -1.98. The maximum atomic E-state index is 10.9. The summed E-state index contributed by atoms with van der Waals surface area (Å²) in [6, 6.07) is 6.32. The van der Waals surface area contributed by atoms with Crippen LogP contribution in [0.5, 0.6) is 0 Å². The molecule has 0 amide bonds. The number of nitro groups is 1. The second kappa shape index (κ2) is 5.33. The van der Waals surface area contributed by atoms with Gasteiger partial charge in [-0.25, -0.2) is 15.0 Å². The Morgan fingerprint density at radius 1 is 1.29 bits per heavy atom. The van der Waals surface area contributed by atoms with Crippen LogP contribution in [0, 0.1) is 10.1 Å². The number of nitrogens with zero attached hydrogens (tertiary/aromatic N) is 5. The van der Waals surface area contributed by atoms with E-state index >= 15 is 0 Å². The van der Waals surface area contributed by atoms with Crippen molar-refractivity contribution in [3.8, 4) is 0 Å². The minimum Gasteiger partial charge on any atom is -0.340 e. The Bertz CT molecular complexity index is 827. The van der Waals surface area contributed by atoms with E-state index < -0.39 is 4.92 Å². The molecule has 0 aliphatic carbocycles. The first kappa shape index (κ1) is 12.7. The summed E-state index contributed by atoms with van der Waals surface area (Å²) < 4.78 is 0. The van der Waals surface area contributed by atoms with Crippen LogP contribution < -0.4 is 5.43 Å². The Morgan fingerprint density at radius 2 is 2.14 bits per heavy atom.